The van der Waals surface area contributed by atoms with Crippen molar-refractivity contribution in [2.24, 2.45) is 10.9 Å². The molecule has 2 aromatic rings. The topological polar surface area (TPSA) is 98.8 Å². The second-order valence-corrected chi connectivity index (χ2v) is 8.36. The Kier molecular flexibility index (Phi) is 4.39. The zero-order valence-electron chi connectivity index (χ0n) is 15.3. The minimum absolute atomic E-state index is 0.0872. The lowest BCUT2D eigenvalue weighted by Gasteiger charge is -2.47. The zero-order valence-corrected chi connectivity index (χ0v) is 16.1. The average Bonchev–Trinajstić information content (AvgIpc) is 3.09. The molecule has 8 heteroatoms. The molecule has 0 spiro atoms. The molecule has 27 heavy (non-hydrogen) atoms. The summed E-state index contributed by atoms with van der Waals surface area (Å²) in [4.78, 5) is 21.7. The van der Waals surface area contributed by atoms with E-state index in [1.54, 1.807) is 17.5 Å². The van der Waals surface area contributed by atoms with Crippen LogP contribution < -0.4 is 11.1 Å². The van der Waals surface area contributed by atoms with Crippen LogP contribution in [0.2, 0.25) is 0 Å². The number of nitrogens with two attached hydrogens (primary N) is 1. The smallest absolute Gasteiger partial charge is 0.292 e. The van der Waals surface area contributed by atoms with Crippen LogP contribution in [0, 0.1) is 5.92 Å². The fraction of sp³-hybridized carbons (Fsp3) is 0.421. The maximum absolute atomic E-state index is 12.5. The van der Waals surface area contributed by atoms with Crippen molar-refractivity contribution in [3.05, 3.63) is 46.3 Å². The Bertz CT molecular complexity index is 880. The highest BCUT2D eigenvalue weighted by molar-refractivity contribution is 7.10. The summed E-state index contributed by atoms with van der Waals surface area (Å²) in [7, 11) is 0. The normalized spacial score (nSPS) is 26.4. The molecule has 2 aliphatic heterocycles. The number of thiazole rings is 1. The van der Waals surface area contributed by atoms with Crippen molar-refractivity contribution in [3.8, 4) is 0 Å². The van der Waals surface area contributed by atoms with E-state index in [-0.39, 0.29) is 23.4 Å². The molecule has 1 fully saturated rings. The molecule has 3 N–H and O–H groups in total. The number of nitrogens with zero attached hydrogens (tertiary/aromatic N) is 2. The number of nitrogen functional groups attached to an aromatic ring is 1. The predicted molar refractivity (Wildman–Crippen MR) is 104 cm³/mol. The van der Waals surface area contributed by atoms with E-state index in [2.05, 4.69) is 24.1 Å². The third-order valence-electron chi connectivity index (χ3n) is 4.97. The van der Waals surface area contributed by atoms with Crippen LogP contribution in [0.3, 0.4) is 0 Å². The van der Waals surface area contributed by atoms with Crippen LogP contribution in [0.25, 0.3) is 0 Å². The molecule has 1 amide bonds. The van der Waals surface area contributed by atoms with Gasteiger partial charge in [-0.25, -0.2) is 9.98 Å². The number of rotatable bonds is 2. The third kappa shape index (κ3) is 3.42. The van der Waals surface area contributed by atoms with E-state index in [4.69, 9.17) is 20.2 Å². The molecule has 4 rings (SSSR count). The van der Waals surface area contributed by atoms with Crippen molar-refractivity contribution < 1.29 is 14.3 Å². The summed E-state index contributed by atoms with van der Waals surface area (Å²) in [6.07, 6.45) is 0.774. The molecule has 142 valence electrons. The lowest BCUT2D eigenvalue weighted by Crippen LogP contribution is -2.55. The van der Waals surface area contributed by atoms with E-state index < -0.39 is 5.54 Å². The Morgan fingerprint density at radius 1 is 1.33 bits per heavy atom. The number of aliphatic imine (C=N–C) groups is 1. The van der Waals surface area contributed by atoms with Crippen molar-refractivity contribution >= 4 is 29.1 Å². The summed E-state index contributed by atoms with van der Waals surface area (Å²) in [5.74, 6) is 0.285. The molecule has 0 radical (unpaired) electrons. The molecule has 3 heterocycles. The van der Waals surface area contributed by atoms with E-state index in [0.29, 0.717) is 24.6 Å². The number of hydrogen-bond acceptors (Lipinski definition) is 7. The molecule has 1 aromatic carbocycles. The van der Waals surface area contributed by atoms with Crippen molar-refractivity contribution in [2.75, 3.05) is 18.9 Å². The number of hydrogen-bond donors (Lipinski definition) is 2. The highest BCUT2D eigenvalue weighted by Gasteiger charge is 2.53. The van der Waals surface area contributed by atoms with Gasteiger partial charge in [0, 0.05) is 16.9 Å². The second-order valence-electron chi connectivity index (χ2n) is 7.50. The predicted octanol–water partition coefficient (Wildman–Crippen LogP) is 2.55. The van der Waals surface area contributed by atoms with Crippen LogP contribution in [0.5, 0.6) is 0 Å². The first-order valence-electron chi connectivity index (χ1n) is 8.82. The zero-order chi connectivity index (χ0) is 19.1. The van der Waals surface area contributed by atoms with Gasteiger partial charge in [-0.15, -0.1) is 11.3 Å². The van der Waals surface area contributed by atoms with Crippen LogP contribution >= 0.6 is 11.3 Å². The highest BCUT2D eigenvalue weighted by Crippen LogP contribution is 2.47. The molecule has 0 aliphatic carbocycles. The summed E-state index contributed by atoms with van der Waals surface area (Å²) < 4.78 is 11.9. The Balaban J connectivity index is 1.67. The van der Waals surface area contributed by atoms with Crippen molar-refractivity contribution in [3.63, 3.8) is 0 Å². The van der Waals surface area contributed by atoms with Gasteiger partial charge in [-0.3, -0.25) is 10.1 Å². The summed E-state index contributed by atoms with van der Waals surface area (Å²) in [6, 6.07) is 9.16. The Hall–Kier alpha value is -2.45. The maximum atomic E-state index is 12.5. The van der Waals surface area contributed by atoms with Crippen LogP contribution in [-0.2, 0) is 15.0 Å². The summed E-state index contributed by atoms with van der Waals surface area (Å²) in [5.41, 5.74) is 5.44. The number of anilines is 1. The quantitative estimate of drug-likeness (QED) is 0.826. The fourth-order valence-corrected chi connectivity index (χ4v) is 4.47. The molecule has 1 saturated heterocycles. The van der Waals surface area contributed by atoms with Gasteiger partial charge in [0.05, 0.1) is 18.8 Å². The largest absolute Gasteiger partial charge is 0.465 e. The molecule has 0 saturated carbocycles. The number of carbonyl (C=O) groups excluding carboxylic acids is 1. The molecular formula is C19H22N4O3S. The standard InChI is InChI=1S/C19H22N4O3S/c1-18(2)8-13-9-25-17(22-15(24)12-6-4-3-5-7-12)23-19(13,11-26-18)16-21-14(20)10-27-16/h3-7,10,13H,8-9,11,20H2,1-2H3,(H,22,23,24). The maximum Gasteiger partial charge on any atom is 0.292 e. The average molecular weight is 386 g/mol. The molecule has 2 aliphatic rings. The highest BCUT2D eigenvalue weighted by atomic mass is 32.1. The molecule has 0 bridgehead atoms. The van der Waals surface area contributed by atoms with Crippen LogP contribution in [-0.4, -0.2) is 35.7 Å². The number of ether oxygens (including phenoxy) is 2. The van der Waals surface area contributed by atoms with Gasteiger partial charge in [-0.05, 0) is 32.4 Å². The Morgan fingerprint density at radius 2 is 2.11 bits per heavy atom. The van der Waals surface area contributed by atoms with Gasteiger partial charge in [-0.1, -0.05) is 18.2 Å². The summed E-state index contributed by atoms with van der Waals surface area (Å²) >= 11 is 1.46. The van der Waals surface area contributed by atoms with E-state index >= 15 is 0 Å². The number of nitrogens with one attached hydrogen (secondary N) is 1. The minimum Gasteiger partial charge on any atom is -0.465 e. The van der Waals surface area contributed by atoms with E-state index in [1.165, 1.54) is 11.3 Å². The number of amides is 1. The van der Waals surface area contributed by atoms with Crippen LogP contribution in [0.1, 0.15) is 35.6 Å². The fourth-order valence-electron chi connectivity index (χ4n) is 3.55. The first-order chi connectivity index (χ1) is 12.9. The van der Waals surface area contributed by atoms with Gasteiger partial charge in [0.15, 0.2) is 0 Å². The summed E-state index contributed by atoms with van der Waals surface area (Å²) in [6.45, 7) is 4.92. The van der Waals surface area contributed by atoms with Crippen molar-refractivity contribution in [1.29, 1.82) is 0 Å². The van der Waals surface area contributed by atoms with Crippen LogP contribution in [0.15, 0.2) is 40.7 Å². The van der Waals surface area contributed by atoms with Crippen molar-refractivity contribution in [1.82, 2.24) is 10.3 Å². The summed E-state index contributed by atoms with van der Waals surface area (Å²) in [5, 5.41) is 5.36. The lowest BCUT2D eigenvalue weighted by atomic mass is 9.76. The van der Waals surface area contributed by atoms with Gasteiger partial charge < -0.3 is 15.2 Å². The second kappa shape index (κ2) is 6.61. The van der Waals surface area contributed by atoms with Gasteiger partial charge in [0.2, 0.25) is 0 Å². The molecule has 2 atom stereocenters. The van der Waals surface area contributed by atoms with Crippen molar-refractivity contribution in [2.45, 2.75) is 31.4 Å². The first kappa shape index (κ1) is 17.9. The molecule has 1 aromatic heterocycles. The van der Waals surface area contributed by atoms with E-state index in [0.717, 1.165) is 11.4 Å². The number of benzene rings is 1. The Labute approximate surface area is 161 Å². The Morgan fingerprint density at radius 3 is 2.81 bits per heavy atom. The third-order valence-corrected chi connectivity index (χ3v) is 5.99. The lowest BCUT2D eigenvalue weighted by molar-refractivity contribution is -0.128. The van der Waals surface area contributed by atoms with Crippen LogP contribution in [0.4, 0.5) is 5.82 Å². The number of aromatic nitrogens is 1. The number of fused-ring (bicyclic) bond motifs is 1. The van der Waals surface area contributed by atoms with E-state index in [1.807, 2.05) is 18.2 Å². The van der Waals surface area contributed by atoms with Gasteiger partial charge >= 0.3 is 0 Å². The van der Waals surface area contributed by atoms with E-state index in [9.17, 15) is 4.79 Å². The monoisotopic (exact) mass is 386 g/mol. The first-order valence-corrected chi connectivity index (χ1v) is 9.70. The molecule has 2 unspecified atom stereocenters. The number of carbonyl (C=O) groups is 1. The minimum atomic E-state index is -0.699. The van der Waals surface area contributed by atoms with Gasteiger partial charge in [0.25, 0.3) is 11.9 Å². The molecule has 7 nitrogen and oxygen atoms in total. The van der Waals surface area contributed by atoms with Gasteiger partial charge in [0.1, 0.15) is 16.4 Å². The number of amidine groups is 1. The SMILES string of the molecule is CC1(C)CC2COC(NC(=O)c3ccccc3)=NC2(c2nc(N)cs2)CO1. The molecular weight excluding hydrogens is 364 g/mol. The van der Waals surface area contributed by atoms with Gasteiger partial charge in [-0.2, -0.15) is 0 Å².